The van der Waals surface area contributed by atoms with E-state index in [0.29, 0.717) is 0 Å². The first-order valence-electron chi connectivity index (χ1n) is 6.68. The molecule has 1 aromatic carbocycles. The normalized spacial score (nSPS) is 12.2. The lowest BCUT2D eigenvalue weighted by molar-refractivity contribution is 0.317. The van der Waals surface area contributed by atoms with Gasteiger partial charge in [0.15, 0.2) is 0 Å². The van der Waals surface area contributed by atoms with Crippen LogP contribution in [0, 0.1) is 11.3 Å². The highest BCUT2D eigenvalue weighted by atomic mass is 16.5. The van der Waals surface area contributed by atoms with Crippen LogP contribution in [-0.2, 0) is 0 Å². The monoisotopic (exact) mass is 261 g/mol. The second-order valence-electron chi connectivity index (χ2n) is 4.74. The minimum absolute atomic E-state index is 0.264. The minimum atomic E-state index is -0.264. The molecule has 4 nitrogen and oxygen atoms in total. The first-order chi connectivity index (χ1) is 9.17. The molecule has 0 aliphatic heterocycles. The van der Waals surface area contributed by atoms with Crippen molar-refractivity contribution in [3.63, 3.8) is 0 Å². The van der Waals surface area contributed by atoms with E-state index in [9.17, 15) is 5.26 Å². The van der Waals surface area contributed by atoms with Crippen molar-refractivity contribution in [2.45, 2.75) is 19.4 Å². The molecule has 4 heteroatoms. The smallest absolute Gasteiger partial charge is 0.121 e. The fraction of sp³-hybridized carbons (Fsp3) is 0.533. The Hall–Kier alpha value is -1.57. The molecule has 0 bridgehead atoms. The molecule has 1 unspecified atom stereocenters. The van der Waals surface area contributed by atoms with E-state index in [1.165, 1.54) is 0 Å². The van der Waals surface area contributed by atoms with E-state index < -0.39 is 0 Å². The molecular formula is C15H23N3O. The number of nitrogens with one attached hydrogen (secondary N) is 1. The number of likely N-dealkylation sites (N-methyl/N-ethyl adjacent to an activating group) is 1. The van der Waals surface area contributed by atoms with Gasteiger partial charge in [0.05, 0.1) is 12.7 Å². The van der Waals surface area contributed by atoms with Crippen LogP contribution in [0.2, 0.25) is 0 Å². The number of hydrogen-bond acceptors (Lipinski definition) is 4. The van der Waals surface area contributed by atoms with Crippen molar-refractivity contribution in [3.8, 4) is 11.8 Å². The Morgan fingerprint density at radius 1 is 1.32 bits per heavy atom. The van der Waals surface area contributed by atoms with E-state index in [0.717, 1.165) is 37.4 Å². The lowest BCUT2D eigenvalue weighted by Gasteiger charge is -2.15. The molecule has 0 aliphatic rings. The minimum Gasteiger partial charge on any atom is -0.494 e. The molecule has 0 fully saturated rings. The maximum absolute atomic E-state index is 9.20. The summed E-state index contributed by atoms with van der Waals surface area (Å²) >= 11 is 0. The van der Waals surface area contributed by atoms with E-state index in [2.05, 4.69) is 23.2 Å². The number of hydrogen-bond donors (Lipinski definition) is 1. The van der Waals surface area contributed by atoms with Crippen molar-refractivity contribution < 1.29 is 4.74 Å². The zero-order valence-corrected chi connectivity index (χ0v) is 12.0. The van der Waals surface area contributed by atoms with E-state index in [4.69, 9.17) is 4.74 Å². The largest absolute Gasteiger partial charge is 0.494 e. The van der Waals surface area contributed by atoms with Crippen LogP contribution in [0.25, 0.3) is 0 Å². The van der Waals surface area contributed by atoms with Crippen molar-refractivity contribution in [2.24, 2.45) is 0 Å². The number of benzene rings is 1. The Balaban J connectivity index is 2.54. The third-order valence-electron chi connectivity index (χ3n) is 2.72. The van der Waals surface area contributed by atoms with Gasteiger partial charge in [0.2, 0.25) is 0 Å². The van der Waals surface area contributed by atoms with Gasteiger partial charge in [0.1, 0.15) is 11.8 Å². The van der Waals surface area contributed by atoms with Gasteiger partial charge in [-0.2, -0.15) is 5.26 Å². The molecule has 19 heavy (non-hydrogen) atoms. The lowest BCUT2D eigenvalue weighted by Crippen LogP contribution is -2.29. The first kappa shape index (κ1) is 15.5. The topological polar surface area (TPSA) is 48.3 Å². The summed E-state index contributed by atoms with van der Waals surface area (Å²) in [5.41, 5.74) is 0.977. The van der Waals surface area contributed by atoms with Crippen LogP contribution >= 0.6 is 0 Å². The Kier molecular flexibility index (Phi) is 6.94. The summed E-state index contributed by atoms with van der Waals surface area (Å²) in [5.74, 6) is 0.857. The predicted octanol–water partition coefficient (Wildman–Crippen LogP) is 2.19. The molecule has 1 rings (SSSR count). The number of rotatable bonds is 8. The second-order valence-corrected chi connectivity index (χ2v) is 4.74. The third-order valence-corrected chi connectivity index (χ3v) is 2.72. The van der Waals surface area contributed by atoms with E-state index >= 15 is 0 Å². The van der Waals surface area contributed by atoms with Crippen LogP contribution in [0.1, 0.15) is 24.9 Å². The molecule has 0 radical (unpaired) electrons. The van der Waals surface area contributed by atoms with Gasteiger partial charge in [-0.1, -0.05) is 19.1 Å². The average molecular weight is 261 g/mol. The molecule has 1 N–H and O–H groups in total. The van der Waals surface area contributed by atoms with Crippen LogP contribution in [0.5, 0.6) is 5.75 Å². The fourth-order valence-electron chi connectivity index (χ4n) is 1.65. The first-order valence-corrected chi connectivity index (χ1v) is 6.68. The molecule has 0 saturated heterocycles. The molecule has 0 aliphatic carbocycles. The molecule has 0 heterocycles. The molecule has 0 saturated carbocycles. The molecule has 0 aromatic heterocycles. The lowest BCUT2D eigenvalue weighted by atomic mass is 10.1. The van der Waals surface area contributed by atoms with Crippen molar-refractivity contribution in [1.82, 2.24) is 10.2 Å². The SMILES string of the molecule is CCCOc1ccc(C(C#N)NCCN(C)C)cc1. The Labute approximate surface area is 116 Å². The van der Waals surface area contributed by atoms with Crippen molar-refractivity contribution in [3.05, 3.63) is 29.8 Å². The molecule has 1 aromatic rings. The zero-order chi connectivity index (χ0) is 14.1. The maximum Gasteiger partial charge on any atom is 0.121 e. The zero-order valence-electron chi connectivity index (χ0n) is 12.0. The number of nitriles is 1. The molecule has 104 valence electrons. The van der Waals surface area contributed by atoms with Crippen molar-refractivity contribution in [2.75, 3.05) is 33.8 Å². The summed E-state index contributed by atoms with van der Waals surface area (Å²) < 4.78 is 5.53. The van der Waals surface area contributed by atoms with Gasteiger partial charge in [-0.3, -0.25) is 5.32 Å². The summed E-state index contributed by atoms with van der Waals surface area (Å²) in [4.78, 5) is 2.09. The van der Waals surface area contributed by atoms with Crippen LogP contribution in [0.4, 0.5) is 0 Å². The highest BCUT2D eigenvalue weighted by Crippen LogP contribution is 2.17. The van der Waals surface area contributed by atoms with Gasteiger partial charge < -0.3 is 9.64 Å². The second kappa shape index (κ2) is 8.52. The van der Waals surface area contributed by atoms with Gasteiger partial charge in [0.25, 0.3) is 0 Å². The van der Waals surface area contributed by atoms with Gasteiger partial charge >= 0.3 is 0 Å². The van der Waals surface area contributed by atoms with Crippen LogP contribution in [-0.4, -0.2) is 38.7 Å². The summed E-state index contributed by atoms with van der Waals surface area (Å²) in [5, 5.41) is 12.4. The third kappa shape index (κ3) is 5.73. The van der Waals surface area contributed by atoms with Gasteiger partial charge in [0, 0.05) is 13.1 Å². The van der Waals surface area contributed by atoms with Gasteiger partial charge in [-0.15, -0.1) is 0 Å². The maximum atomic E-state index is 9.20. The number of ether oxygens (including phenoxy) is 1. The van der Waals surface area contributed by atoms with E-state index in [1.807, 2.05) is 38.4 Å². The molecule has 0 amide bonds. The van der Waals surface area contributed by atoms with E-state index in [-0.39, 0.29) is 6.04 Å². The fourth-order valence-corrected chi connectivity index (χ4v) is 1.65. The predicted molar refractivity (Wildman–Crippen MR) is 77.1 cm³/mol. The molecule has 1 atom stereocenters. The van der Waals surface area contributed by atoms with E-state index in [1.54, 1.807) is 0 Å². The van der Waals surface area contributed by atoms with Gasteiger partial charge in [-0.25, -0.2) is 0 Å². The summed E-state index contributed by atoms with van der Waals surface area (Å²) in [7, 11) is 4.03. The summed E-state index contributed by atoms with van der Waals surface area (Å²) in [6, 6.07) is 9.75. The highest BCUT2D eigenvalue weighted by Gasteiger charge is 2.09. The quantitative estimate of drug-likeness (QED) is 0.779. The van der Waals surface area contributed by atoms with Crippen LogP contribution in [0.3, 0.4) is 0 Å². The average Bonchev–Trinajstić information content (AvgIpc) is 2.42. The summed E-state index contributed by atoms with van der Waals surface area (Å²) in [6.07, 6.45) is 0.995. The standard InChI is InChI=1S/C15H23N3O/c1-4-11-19-14-7-5-13(6-8-14)15(12-16)17-9-10-18(2)3/h5-8,15,17H,4,9-11H2,1-3H3. The number of nitrogens with zero attached hydrogens (tertiary/aromatic N) is 2. The van der Waals surface area contributed by atoms with Crippen LogP contribution < -0.4 is 10.1 Å². The van der Waals surface area contributed by atoms with Crippen molar-refractivity contribution >= 4 is 0 Å². The Bertz CT molecular complexity index is 395. The molecular weight excluding hydrogens is 238 g/mol. The summed E-state index contributed by atoms with van der Waals surface area (Å²) in [6.45, 7) is 4.51. The van der Waals surface area contributed by atoms with Gasteiger partial charge in [-0.05, 0) is 38.2 Å². The molecule has 0 spiro atoms. The van der Waals surface area contributed by atoms with Crippen LogP contribution in [0.15, 0.2) is 24.3 Å². The highest BCUT2D eigenvalue weighted by molar-refractivity contribution is 5.31. The van der Waals surface area contributed by atoms with Crippen molar-refractivity contribution in [1.29, 1.82) is 5.26 Å². The Morgan fingerprint density at radius 2 is 2.00 bits per heavy atom. The Morgan fingerprint density at radius 3 is 2.53 bits per heavy atom.